The lowest BCUT2D eigenvalue weighted by Gasteiger charge is -2.17. The molecule has 0 spiro atoms. The third kappa shape index (κ3) is 3.33. The van der Waals surface area contributed by atoms with Crippen LogP contribution in [-0.2, 0) is 0 Å². The maximum absolute atomic E-state index is 6.38. The summed E-state index contributed by atoms with van der Waals surface area (Å²) in [5.74, 6) is 0. The number of alkyl halides is 2. The van der Waals surface area contributed by atoms with Gasteiger partial charge in [0.05, 0.1) is 10.8 Å². The van der Waals surface area contributed by atoms with Crippen LogP contribution in [-0.4, -0.2) is 0 Å². The van der Waals surface area contributed by atoms with Crippen LogP contribution in [0.5, 0.6) is 0 Å². The highest BCUT2D eigenvalue weighted by atomic mass is 35.5. The fraction of sp³-hybridized carbons (Fsp3) is 0.143. The number of hydrogen-bond donors (Lipinski definition) is 0. The predicted octanol–water partition coefficient (Wildman–Crippen LogP) is 6.25. The molecule has 2 rings (SSSR count). The van der Waals surface area contributed by atoms with Gasteiger partial charge in [-0.25, -0.2) is 0 Å². The largest absolute Gasteiger partial charge is 0.116 e. The van der Waals surface area contributed by atoms with Crippen molar-refractivity contribution in [3.63, 3.8) is 0 Å². The van der Waals surface area contributed by atoms with Gasteiger partial charge in [0.15, 0.2) is 0 Å². The minimum Gasteiger partial charge on any atom is -0.116 e. The Morgan fingerprint density at radius 1 is 0.556 bits per heavy atom. The van der Waals surface area contributed by atoms with Crippen LogP contribution in [0.1, 0.15) is 21.9 Å². The highest BCUT2D eigenvalue weighted by molar-refractivity contribution is 6.31. The molecular formula is C14H10Cl4. The van der Waals surface area contributed by atoms with E-state index < -0.39 is 0 Å². The lowest BCUT2D eigenvalue weighted by molar-refractivity contribution is 0.882. The van der Waals surface area contributed by atoms with Crippen molar-refractivity contribution >= 4 is 46.4 Å². The van der Waals surface area contributed by atoms with E-state index in [0.717, 1.165) is 11.1 Å². The van der Waals surface area contributed by atoms with Gasteiger partial charge in [-0.1, -0.05) is 47.5 Å². The van der Waals surface area contributed by atoms with Crippen LogP contribution in [0.15, 0.2) is 48.5 Å². The Bertz CT molecular complexity index is 455. The molecule has 0 saturated heterocycles. The first-order valence-corrected chi connectivity index (χ1v) is 7.00. The second-order valence-corrected chi connectivity index (χ2v) is 5.72. The molecule has 0 aromatic heterocycles. The van der Waals surface area contributed by atoms with Crippen LogP contribution in [0.25, 0.3) is 0 Å². The van der Waals surface area contributed by atoms with Crippen molar-refractivity contribution in [2.24, 2.45) is 0 Å². The number of halogens is 4. The minimum atomic E-state index is -0.315. The summed E-state index contributed by atoms with van der Waals surface area (Å²) in [6.07, 6.45) is 0. The van der Waals surface area contributed by atoms with Gasteiger partial charge in [0.1, 0.15) is 0 Å². The zero-order valence-corrected chi connectivity index (χ0v) is 12.3. The molecule has 0 saturated carbocycles. The highest BCUT2D eigenvalue weighted by Gasteiger charge is 2.20. The molecule has 0 aliphatic rings. The minimum absolute atomic E-state index is 0.315. The zero-order chi connectivity index (χ0) is 13.1. The van der Waals surface area contributed by atoms with E-state index in [2.05, 4.69) is 0 Å². The van der Waals surface area contributed by atoms with Crippen LogP contribution < -0.4 is 0 Å². The van der Waals surface area contributed by atoms with Gasteiger partial charge in [0.25, 0.3) is 0 Å². The first-order valence-electron chi connectivity index (χ1n) is 5.37. The van der Waals surface area contributed by atoms with Gasteiger partial charge in [-0.3, -0.25) is 0 Å². The second kappa shape index (κ2) is 6.16. The van der Waals surface area contributed by atoms with Gasteiger partial charge in [0, 0.05) is 10.0 Å². The summed E-state index contributed by atoms with van der Waals surface area (Å²) in [5.41, 5.74) is 1.88. The molecular weight excluding hydrogens is 310 g/mol. The summed E-state index contributed by atoms with van der Waals surface area (Å²) in [5, 5.41) is 0.732. The molecule has 0 aliphatic heterocycles. The molecule has 0 N–H and O–H groups in total. The van der Waals surface area contributed by atoms with Crippen molar-refractivity contribution in [1.82, 2.24) is 0 Å². The summed E-state index contributed by atoms with van der Waals surface area (Å²) in [6.45, 7) is 0. The lowest BCUT2D eigenvalue weighted by atomic mass is 10.0. The number of benzene rings is 2. The van der Waals surface area contributed by atoms with Crippen LogP contribution in [0.2, 0.25) is 10.0 Å². The normalized spacial score (nSPS) is 14.2. The van der Waals surface area contributed by atoms with Crippen molar-refractivity contribution in [3.8, 4) is 0 Å². The van der Waals surface area contributed by atoms with Crippen LogP contribution in [0, 0.1) is 0 Å². The molecule has 18 heavy (non-hydrogen) atoms. The zero-order valence-electron chi connectivity index (χ0n) is 9.29. The molecule has 0 radical (unpaired) electrons. The summed E-state index contributed by atoms with van der Waals surface area (Å²) in [6, 6.07) is 14.7. The van der Waals surface area contributed by atoms with E-state index >= 15 is 0 Å². The summed E-state index contributed by atoms with van der Waals surface area (Å²) in [7, 11) is 0. The van der Waals surface area contributed by atoms with E-state index in [1.165, 1.54) is 0 Å². The topological polar surface area (TPSA) is 0 Å². The lowest BCUT2D eigenvalue weighted by Crippen LogP contribution is -2.00. The van der Waals surface area contributed by atoms with Gasteiger partial charge < -0.3 is 0 Å². The van der Waals surface area contributed by atoms with Crippen molar-refractivity contribution in [3.05, 3.63) is 69.7 Å². The molecule has 2 aromatic rings. The second-order valence-electron chi connectivity index (χ2n) is 3.91. The monoisotopic (exact) mass is 318 g/mol. The van der Waals surface area contributed by atoms with E-state index in [-0.39, 0.29) is 10.8 Å². The van der Waals surface area contributed by atoms with Crippen molar-refractivity contribution in [2.45, 2.75) is 10.8 Å². The SMILES string of the molecule is Clc1ccc([C@H](Cl)[C@@H](Cl)c2ccc(Cl)cc2)cc1. The molecule has 0 nitrogen and oxygen atoms in total. The molecule has 0 amide bonds. The van der Waals surface area contributed by atoms with E-state index in [9.17, 15) is 0 Å². The van der Waals surface area contributed by atoms with E-state index in [0.29, 0.717) is 10.0 Å². The van der Waals surface area contributed by atoms with E-state index in [4.69, 9.17) is 46.4 Å². The van der Waals surface area contributed by atoms with E-state index in [1.807, 2.05) is 24.3 Å². The van der Waals surface area contributed by atoms with Gasteiger partial charge in [-0.15, -0.1) is 23.2 Å². The third-order valence-electron chi connectivity index (χ3n) is 2.63. The molecule has 0 unspecified atom stereocenters. The smallest absolute Gasteiger partial charge is 0.0790 e. The molecule has 0 heterocycles. The molecule has 0 fully saturated rings. The first kappa shape index (κ1) is 14.0. The van der Waals surface area contributed by atoms with Crippen molar-refractivity contribution in [2.75, 3.05) is 0 Å². The summed E-state index contributed by atoms with van der Waals surface area (Å²) >= 11 is 24.4. The quantitative estimate of drug-likeness (QED) is 0.586. The van der Waals surface area contributed by atoms with Crippen molar-refractivity contribution < 1.29 is 0 Å². The molecule has 0 bridgehead atoms. The molecule has 4 heteroatoms. The third-order valence-corrected chi connectivity index (χ3v) is 4.27. The molecule has 2 atom stereocenters. The van der Waals surface area contributed by atoms with Crippen LogP contribution in [0.3, 0.4) is 0 Å². The van der Waals surface area contributed by atoms with Crippen molar-refractivity contribution in [1.29, 1.82) is 0 Å². The average molecular weight is 320 g/mol. The maximum Gasteiger partial charge on any atom is 0.0790 e. The van der Waals surface area contributed by atoms with Gasteiger partial charge >= 0.3 is 0 Å². The molecule has 0 aliphatic carbocycles. The van der Waals surface area contributed by atoms with Crippen LogP contribution in [0.4, 0.5) is 0 Å². The van der Waals surface area contributed by atoms with Gasteiger partial charge in [0.2, 0.25) is 0 Å². The summed E-state index contributed by atoms with van der Waals surface area (Å²) < 4.78 is 0. The fourth-order valence-corrected chi connectivity index (χ4v) is 2.47. The summed E-state index contributed by atoms with van der Waals surface area (Å²) in [4.78, 5) is 0. The number of rotatable bonds is 3. The average Bonchev–Trinajstić information content (AvgIpc) is 2.39. The Kier molecular flexibility index (Phi) is 4.80. The number of hydrogen-bond acceptors (Lipinski definition) is 0. The fourth-order valence-electron chi connectivity index (χ4n) is 1.63. The highest BCUT2D eigenvalue weighted by Crippen LogP contribution is 2.39. The van der Waals surface area contributed by atoms with Gasteiger partial charge in [-0.2, -0.15) is 0 Å². The Hall–Kier alpha value is -0.400. The Balaban J connectivity index is 2.20. The Labute approximate surface area is 126 Å². The van der Waals surface area contributed by atoms with Crippen LogP contribution >= 0.6 is 46.4 Å². The van der Waals surface area contributed by atoms with E-state index in [1.54, 1.807) is 24.3 Å². The Morgan fingerprint density at radius 3 is 1.11 bits per heavy atom. The molecule has 2 aromatic carbocycles. The van der Waals surface area contributed by atoms with Gasteiger partial charge in [-0.05, 0) is 35.4 Å². The Morgan fingerprint density at radius 2 is 0.833 bits per heavy atom. The standard InChI is InChI=1S/C14H10Cl4/c15-11-5-1-9(2-6-11)13(17)14(18)10-3-7-12(16)8-4-10/h1-8,13-14H/t13-,14-/m0/s1. The molecule has 94 valence electrons. The first-order chi connectivity index (χ1) is 8.58. The maximum atomic E-state index is 6.38. The predicted molar refractivity (Wildman–Crippen MR) is 80.1 cm³/mol.